The molecule has 0 radical (unpaired) electrons. The number of amides is 1. The van der Waals surface area contributed by atoms with Gasteiger partial charge in [-0.25, -0.2) is 9.97 Å². The van der Waals surface area contributed by atoms with Gasteiger partial charge < -0.3 is 4.90 Å². The summed E-state index contributed by atoms with van der Waals surface area (Å²) >= 11 is 0. The van der Waals surface area contributed by atoms with E-state index in [1.54, 1.807) is 37.6 Å². The SMILES string of the molecule is Cc1ncc(-c2ccncc2)c([C@H]2CCCN(C(=O)C(F)(F)F)C2)n1. The molecule has 5 nitrogen and oxygen atoms in total. The van der Waals surface area contributed by atoms with Crippen LogP contribution in [0.5, 0.6) is 0 Å². The average molecular weight is 350 g/mol. The fourth-order valence-electron chi connectivity index (χ4n) is 3.12. The van der Waals surface area contributed by atoms with E-state index >= 15 is 0 Å². The van der Waals surface area contributed by atoms with Crippen molar-refractivity contribution in [2.24, 2.45) is 0 Å². The topological polar surface area (TPSA) is 59.0 Å². The summed E-state index contributed by atoms with van der Waals surface area (Å²) in [6.07, 6.45) is 1.29. The van der Waals surface area contributed by atoms with Gasteiger partial charge in [0.25, 0.3) is 0 Å². The van der Waals surface area contributed by atoms with Crippen molar-refractivity contribution < 1.29 is 18.0 Å². The van der Waals surface area contributed by atoms with Crippen LogP contribution in [-0.4, -0.2) is 45.0 Å². The Hall–Kier alpha value is -2.51. The van der Waals surface area contributed by atoms with Crippen molar-refractivity contribution in [3.05, 3.63) is 42.2 Å². The zero-order valence-corrected chi connectivity index (χ0v) is 13.6. The van der Waals surface area contributed by atoms with Crippen molar-refractivity contribution in [1.82, 2.24) is 19.9 Å². The maximum atomic E-state index is 12.7. The van der Waals surface area contributed by atoms with E-state index in [0.29, 0.717) is 24.4 Å². The second kappa shape index (κ2) is 6.78. The number of aromatic nitrogens is 3. The molecule has 1 aliphatic rings. The van der Waals surface area contributed by atoms with Gasteiger partial charge in [-0.2, -0.15) is 13.2 Å². The number of carbonyl (C=O) groups is 1. The summed E-state index contributed by atoms with van der Waals surface area (Å²) in [7, 11) is 0. The zero-order chi connectivity index (χ0) is 18.0. The van der Waals surface area contributed by atoms with Crippen molar-refractivity contribution in [2.45, 2.75) is 31.9 Å². The van der Waals surface area contributed by atoms with Gasteiger partial charge in [-0.05, 0) is 37.5 Å². The smallest absolute Gasteiger partial charge is 0.334 e. The van der Waals surface area contributed by atoms with Gasteiger partial charge in [0.1, 0.15) is 5.82 Å². The van der Waals surface area contributed by atoms with Gasteiger partial charge in [-0.15, -0.1) is 0 Å². The number of halogens is 3. The third kappa shape index (κ3) is 3.78. The molecule has 1 fully saturated rings. The lowest BCUT2D eigenvalue weighted by Crippen LogP contribution is -2.46. The highest BCUT2D eigenvalue weighted by atomic mass is 19.4. The van der Waals surface area contributed by atoms with Gasteiger partial charge in [0.2, 0.25) is 0 Å². The van der Waals surface area contributed by atoms with Crippen molar-refractivity contribution in [1.29, 1.82) is 0 Å². The van der Waals surface area contributed by atoms with Gasteiger partial charge in [-0.1, -0.05) is 0 Å². The van der Waals surface area contributed by atoms with Crippen LogP contribution < -0.4 is 0 Å². The maximum Gasteiger partial charge on any atom is 0.471 e. The van der Waals surface area contributed by atoms with E-state index in [-0.39, 0.29) is 19.0 Å². The Kier molecular flexibility index (Phi) is 4.69. The molecule has 0 N–H and O–H groups in total. The van der Waals surface area contributed by atoms with Crippen LogP contribution in [0, 0.1) is 6.92 Å². The Morgan fingerprint density at radius 2 is 2.00 bits per heavy atom. The standard InChI is InChI=1S/C17H17F3N4O/c1-11-22-9-14(12-4-6-21-7-5-12)15(23-11)13-3-2-8-24(10-13)16(25)17(18,19)20/h4-7,9,13H,2-3,8,10H2,1H3/t13-/m0/s1. The molecule has 0 saturated carbocycles. The van der Waals surface area contributed by atoms with Gasteiger partial charge in [-0.3, -0.25) is 9.78 Å². The first-order valence-electron chi connectivity index (χ1n) is 7.96. The summed E-state index contributed by atoms with van der Waals surface area (Å²) in [6.45, 7) is 1.86. The lowest BCUT2D eigenvalue weighted by atomic mass is 9.90. The molecule has 0 aliphatic carbocycles. The number of alkyl halides is 3. The molecular formula is C17H17F3N4O. The lowest BCUT2D eigenvalue weighted by Gasteiger charge is -2.33. The molecule has 0 bridgehead atoms. The summed E-state index contributed by atoms with van der Waals surface area (Å²) in [5.41, 5.74) is 2.29. The highest BCUT2D eigenvalue weighted by molar-refractivity contribution is 5.82. The predicted octanol–water partition coefficient (Wildman–Crippen LogP) is 3.12. The summed E-state index contributed by atoms with van der Waals surface area (Å²) in [5.74, 6) is -1.49. The van der Waals surface area contributed by atoms with Crippen LogP contribution in [0.4, 0.5) is 13.2 Å². The molecule has 1 amide bonds. The van der Waals surface area contributed by atoms with Crippen LogP contribution in [-0.2, 0) is 4.79 Å². The van der Waals surface area contributed by atoms with Crippen LogP contribution in [0.1, 0.15) is 30.3 Å². The molecule has 1 aliphatic heterocycles. The van der Waals surface area contributed by atoms with Crippen LogP contribution in [0.15, 0.2) is 30.7 Å². The minimum Gasteiger partial charge on any atom is -0.334 e. The van der Waals surface area contributed by atoms with Crippen LogP contribution in [0.25, 0.3) is 11.1 Å². The average Bonchev–Trinajstić information content (AvgIpc) is 2.61. The van der Waals surface area contributed by atoms with Gasteiger partial charge in [0.15, 0.2) is 0 Å². The monoisotopic (exact) mass is 350 g/mol. The molecule has 3 rings (SSSR count). The van der Waals surface area contributed by atoms with Crippen molar-refractivity contribution in [2.75, 3.05) is 13.1 Å². The van der Waals surface area contributed by atoms with Gasteiger partial charge in [0, 0.05) is 43.2 Å². The number of piperidine rings is 1. The summed E-state index contributed by atoms with van der Waals surface area (Å²) in [5, 5.41) is 0. The molecule has 1 saturated heterocycles. The lowest BCUT2D eigenvalue weighted by molar-refractivity contribution is -0.186. The summed E-state index contributed by atoms with van der Waals surface area (Å²) in [4.78, 5) is 25.1. The second-order valence-electron chi connectivity index (χ2n) is 6.04. The van der Waals surface area contributed by atoms with Crippen molar-refractivity contribution in [3.8, 4) is 11.1 Å². The third-order valence-electron chi connectivity index (χ3n) is 4.27. The molecule has 132 valence electrons. The number of nitrogens with zero attached hydrogens (tertiary/aromatic N) is 4. The van der Waals surface area contributed by atoms with E-state index in [1.807, 2.05) is 0 Å². The Morgan fingerprint density at radius 3 is 2.68 bits per heavy atom. The van der Waals surface area contributed by atoms with E-state index in [4.69, 9.17) is 0 Å². The highest BCUT2D eigenvalue weighted by Crippen LogP contribution is 2.34. The Labute approximate surface area is 142 Å². The molecule has 8 heteroatoms. The highest BCUT2D eigenvalue weighted by Gasteiger charge is 2.44. The fourth-order valence-corrected chi connectivity index (χ4v) is 3.12. The van der Waals surface area contributed by atoms with Crippen molar-refractivity contribution in [3.63, 3.8) is 0 Å². The van der Waals surface area contributed by atoms with Gasteiger partial charge in [0.05, 0.1) is 5.69 Å². The Balaban J connectivity index is 1.93. The number of likely N-dealkylation sites (tertiary alicyclic amines) is 1. The summed E-state index contributed by atoms with van der Waals surface area (Å²) in [6, 6.07) is 3.61. The fraction of sp³-hybridized carbons (Fsp3) is 0.412. The molecule has 2 aromatic heterocycles. The number of carbonyl (C=O) groups excluding carboxylic acids is 1. The Bertz CT molecular complexity index is 764. The van der Waals surface area contributed by atoms with Crippen LogP contribution in [0.3, 0.4) is 0 Å². The minimum atomic E-state index is -4.85. The first kappa shape index (κ1) is 17.3. The van der Waals surface area contributed by atoms with Crippen molar-refractivity contribution >= 4 is 5.91 Å². The quantitative estimate of drug-likeness (QED) is 0.835. The molecule has 3 heterocycles. The van der Waals surface area contributed by atoms with E-state index in [9.17, 15) is 18.0 Å². The number of rotatable bonds is 2. The zero-order valence-electron chi connectivity index (χ0n) is 13.6. The number of hydrogen-bond donors (Lipinski definition) is 0. The number of aryl methyl sites for hydroxylation is 1. The molecule has 0 unspecified atom stereocenters. The largest absolute Gasteiger partial charge is 0.471 e. The summed E-state index contributed by atoms with van der Waals surface area (Å²) < 4.78 is 38.2. The predicted molar refractivity (Wildman–Crippen MR) is 84.6 cm³/mol. The number of pyridine rings is 1. The van der Waals surface area contributed by atoms with E-state index in [2.05, 4.69) is 15.0 Å². The van der Waals surface area contributed by atoms with Crippen LogP contribution in [0.2, 0.25) is 0 Å². The van der Waals surface area contributed by atoms with Crippen LogP contribution >= 0.6 is 0 Å². The molecule has 0 aromatic carbocycles. The third-order valence-corrected chi connectivity index (χ3v) is 4.27. The second-order valence-corrected chi connectivity index (χ2v) is 6.04. The molecule has 0 spiro atoms. The molecule has 25 heavy (non-hydrogen) atoms. The first-order valence-corrected chi connectivity index (χ1v) is 7.96. The minimum absolute atomic E-state index is 0.00683. The molecular weight excluding hydrogens is 333 g/mol. The van der Waals surface area contributed by atoms with E-state index in [0.717, 1.165) is 16.0 Å². The number of hydrogen-bond acceptors (Lipinski definition) is 4. The van der Waals surface area contributed by atoms with E-state index in [1.165, 1.54) is 0 Å². The first-order chi connectivity index (χ1) is 11.9. The normalized spacial score (nSPS) is 18.2. The van der Waals surface area contributed by atoms with Gasteiger partial charge >= 0.3 is 12.1 Å². The molecule has 1 atom stereocenters. The van der Waals surface area contributed by atoms with E-state index < -0.39 is 12.1 Å². The maximum absolute atomic E-state index is 12.7. The molecule has 2 aromatic rings. The Morgan fingerprint density at radius 1 is 1.28 bits per heavy atom.